The molecule has 0 aromatic heterocycles. The molecular weight excluding hydrogens is 188 g/mol. The van der Waals surface area contributed by atoms with E-state index in [1.54, 1.807) is 6.08 Å². The van der Waals surface area contributed by atoms with Gasteiger partial charge in [0.1, 0.15) is 5.75 Å². The van der Waals surface area contributed by atoms with Crippen molar-refractivity contribution < 1.29 is 9.47 Å². The van der Waals surface area contributed by atoms with Crippen molar-refractivity contribution >= 4 is 6.08 Å². The highest BCUT2D eigenvalue weighted by Crippen LogP contribution is 2.20. The molecule has 0 saturated carbocycles. The predicted octanol–water partition coefficient (Wildman–Crippen LogP) is 3.48. The molecular formula is C13H18O2. The molecule has 1 aromatic carbocycles. The summed E-state index contributed by atoms with van der Waals surface area (Å²) in [5, 5.41) is 0. The molecule has 0 radical (unpaired) electrons. The van der Waals surface area contributed by atoms with Crippen molar-refractivity contribution in [2.24, 2.45) is 0 Å². The molecule has 2 heteroatoms. The van der Waals surface area contributed by atoms with Crippen LogP contribution in [0.5, 0.6) is 5.75 Å². The Labute approximate surface area is 91.5 Å². The van der Waals surface area contributed by atoms with E-state index in [2.05, 4.69) is 6.58 Å². The zero-order valence-electron chi connectivity index (χ0n) is 9.62. The van der Waals surface area contributed by atoms with Gasteiger partial charge in [0.15, 0.2) is 0 Å². The molecule has 0 aliphatic heterocycles. The summed E-state index contributed by atoms with van der Waals surface area (Å²) in [6.45, 7) is 10.1. The topological polar surface area (TPSA) is 18.5 Å². The summed E-state index contributed by atoms with van der Waals surface area (Å²) in [7, 11) is 0. The lowest BCUT2D eigenvalue weighted by Gasteiger charge is -2.26. The monoisotopic (exact) mass is 206 g/mol. The van der Waals surface area contributed by atoms with Crippen molar-refractivity contribution in [1.82, 2.24) is 0 Å². The Balaban J connectivity index is 2.68. The van der Waals surface area contributed by atoms with Crippen molar-refractivity contribution in [1.29, 1.82) is 0 Å². The second-order valence-corrected chi connectivity index (χ2v) is 3.71. The SMILES string of the molecule is C=Cc1ccc(OC(C)(C)OCC)cc1. The summed E-state index contributed by atoms with van der Waals surface area (Å²) in [5.41, 5.74) is 1.08. The van der Waals surface area contributed by atoms with Crippen LogP contribution < -0.4 is 4.74 Å². The highest BCUT2D eigenvalue weighted by Gasteiger charge is 2.18. The molecule has 0 spiro atoms. The van der Waals surface area contributed by atoms with Gasteiger partial charge in [0.2, 0.25) is 5.79 Å². The van der Waals surface area contributed by atoms with E-state index in [4.69, 9.17) is 9.47 Å². The fraction of sp³-hybridized carbons (Fsp3) is 0.385. The summed E-state index contributed by atoms with van der Waals surface area (Å²) < 4.78 is 11.1. The van der Waals surface area contributed by atoms with Crippen molar-refractivity contribution in [2.45, 2.75) is 26.6 Å². The van der Waals surface area contributed by atoms with Crippen LogP contribution in [0, 0.1) is 0 Å². The minimum absolute atomic E-state index is 0.579. The molecule has 2 nitrogen and oxygen atoms in total. The van der Waals surface area contributed by atoms with Gasteiger partial charge < -0.3 is 9.47 Å². The maximum atomic E-state index is 5.69. The summed E-state index contributed by atoms with van der Waals surface area (Å²) in [4.78, 5) is 0. The van der Waals surface area contributed by atoms with Gasteiger partial charge in [-0.25, -0.2) is 0 Å². The highest BCUT2D eigenvalue weighted by atomic mass is 16.7. The third-order valence-corrected chi connectivity index (χ3v) is 1.97. The Hall–Kier alpha value is -1.28. The molecule has 0 N–H and O–H groups in total. The first-order valence-corrected chi connectivity index (χ1v) is 5.13. The van der Waals surface area contributed by atoms with Crippen molar-refractivity contribution in [3.8, 4) is 5.75 Å². The van der Waals surface area contributed by atoms with E-state index in [0.717, 1.165) is 11.3 Å². The Kier molecular flexibility index (Phi) is 3.92. The van der Waals surface area contributed by atoms with Gasteiger partial charge >= 0.3 is 0 Å². The Morgan fingerprint density at radius 2 is 1.87 bits per heavy atom. The standard InChI is InChI=1S/C13H18O2/c1-5-11-7-9-12(10-8-11)15-13(3,4)14-6-2/h5,7-10H,1,6H2,2-4H3. The van der Waals surface area contributed by atoms with Crippen molar-refractivity contribution in [3.63, 3.8) is 0 Å². The molecule has 0 atom stereocenters. The number of benzene rings is 1. The normalized spacial score (nSPS) is 11.1. The molecule has 1 aromatic rings. The van der Waals surface area contributed by atoms with Crippen LogP contribution in [0.1, 0.15) is 26.3 Å². The van der Waals surface area contributed by atoms with Gasteiger partial charge in [0.05, 0.1) is 0 Å². The summed E-state index contributed by atoms with van der Waals surface area (Å²) >= 11 is 0. The number of rotatable bonds is 5. The molecule has 0 fully saturated rings. The van der Waals surface area contributed by atoms with Crippen LogP contribution in [-0.4, -0.2) is 12.4 Å². The van der Waals surface area contributed by atoms with Gasteiger partial charge in [0.25, 0.3) is 0 Å². The molecule has 0 aliphatic rings. The molecule has 0 aliphatic carbocycles. The van der Waals surface area contributed by atoms with E-state index in [1.807, 2.05) is 45.0 Å². The fourth-order valence-electron chi connectivity index (χ4n) is 1.33. The maximum Gasteiger partial charge on any atom is 0.204 e. The first kappa shape index (κ1) is 11.8. The summed E-state index contributed by atoms with van der Waals surface area (Å²) in [5.74, 6) is 0.226. The smallest absolute Gasteiger partial charge is 0.204 e. The van der Waals surface area contributed by atoms with E-state index in [9.17, 15) is 0 Å². The minimum Gasteiger partial charge on any atom is -0.463 e. The van der Waals surface area contributed by atoms with Gasteiger partial charge in [-0.05, 0) is 24.6 Å². The van der Waals surface area contributed by atoms with E-state index >= 15 is 0 Å². The number of hydrogen-bond donors (Lipinski definition) is 0. The van der Waals surface area contributed by atoms with Crippen LogP contribution in [0.15, 0.2) is 30.8 Å². The van der Waals surface area contributed by atoms with Crippen LogP contribution in [0.25, 0.3) is 6.08 Å². The van der Waals surface area contributed by atoms with Gasteiger partial charge in [-0.15, -0.1) is 0 Å². The van der Waals surface area contributed by atoms with Gasteiger partial charge in [-0.1, -0.05) is 24.8 Å². The van der Waals surface area contributed by atoms with Gasteiger partial charge in [0, 0.05) is 20.5 Å². The number of ether oxygens (including phenoxy) is 2. The number of hydrogen-bond acceptors (Lipinski definition) is 2. The lowest BCUT2D eigenvalue weighted by atomic mass is 10.2. The van der Waals surface area contributed by atoms with E-state index in [1.165, 1.54) is 0 Å². The van der Waals surface area contributed by atoms with E-state index in [0.29, 0.717) is 6.61 Å². The van der Waals surface area contributed by atoms with E-state index < -0.39 is 5.79 Å². The lowest BCUT2D eigenvalue weighted by Crippen LogP contribution is -2.31. The van der Waals surface area contributed by atoms with Crippen LogP contribution >= 0.6 is 0 Å². The lowest BCUT2D eigenvalue weighted by molar-refractivity contribution is -0.152. The second kappa shape index (κ2) is 4.99. The largest absolute Gasteiger partial charge is 0.463 e. The van der Waals surface area contributed by atoms with Gasteiger partial charge in [-0.2, -0.15) is 0 Å². The first-order valence-electron chi connectivity index (χ1n) is 5.13. The quantitative estimate of drug-likeness (QED) is 0.687. The van der Waals surface area contributed by atoms with Gasteiger partial charge in [-0.3, -0.25) is 0 Å². The fourth-order valence-corrected chi connectivity index (χ4v) is 1.33. The Morgan fingerprint density at radius 3 is 2.33 bits per heavy atom. The zero-order valence-corrected chi connectivity index (χ0v) is 9.62. The van der Waals surface area contributed by atoms with Crippen LogP contribution in [0.4, 0.5) is 0 Å². The summed E-state index contributed by atoms with van der Waals surface area (Å²) in [6.07, 6.45) is 1.80. The molecule has 0 bridgehead atoms. The molecule has 15 heavy (non-hydrogen) atoms. The van der Waals surface area contributed by atoms with Crippen LogP contribution in [0.3, 0.4) is 0 Å². The molecule has 1 rings (SSSR count). The Morgan fingerprint density at radius 1 is 1.27 bits per heavy atom. The van der Waals surface area contributed by atoms with Crippen molar-refractivity contribution in [3.05, 3.63) is 36.4 Å². The average molecular weight is 206 g/mol. The Bertz CT molecular complexity index is 312. The highest BCUT2D eigenvalue weighted by molar-refractivity contribution is 5.48. The van der Waals surface area contributed by atoms with Crippen LogP contribution in [-0.2, 0) is 4.74 Å². The van der Waals surface area contributed by atoms with E-state index in [-0.39, 0.29) is 0 Å². The average Bonchev–Trinajstić information content (AvgIpc) is 2.18. The van der Waals surface area contributed by atoms with Crippen LogP contribution in [0.2, 0.25) is 0 Å². The molecule has 0 amide bonds. The molecule has 0 saturated heterocycles. The maximum absolute atomic E-state index is 5.69. The molecule has 0 unspecified atom stereocenters. The molecule has 0 heterocycles. The zero-order chi connectivity index (χ0) is 11.3. The van der Waals surface area contributed by atoms with Crippen molar-refractivity contribution in [2.75, 3.05) is 6.61 Å². The second-order valence-electron chi connectivity index (χ2n) is 3.71. The summed E-state index contributed by atoms with van der Waals surface area (Å²) in [6, 6.07) is 7.75. The third kappa shape index (κ3) is 3.76. The third-order valence-electron chi connectivity index (χ3n) is 1.97. The molecule has 82 valence electrons. The predicted molar refractivity (Wildman–Crippen MR) is 62.9 cm³/mol. The minimum atomic E-state index is -0.579. The first-order chi connectivity index (χ1) is 7.07.